The second kappa shape index (κ2) is 9.21. The Morgan fingerprint density at radius 3 is 2.86 bits per heavy atom. The van der Waals surface area contributed by atoms with Crippen LogP contribution in [0, 0.1) is 11.8 Å². The number of halogens is 3. The Morgan fingerprint density at radius 1 is 1.30 bits per heavy atom. The number of hydrogen-bond acceptors (Lipinski definition) is 7. The minimum Gasteiger partial charge on any atom is -0.383 e. The molecule has 10 nitrogen and oxygen atoms in total. The molecule has 0 saturated carbocycles. The third-order valence-electron chi connectivity index (χ3n) is 6.20. The largest absolute Gasteiger partial charge is 0.522 e. The Balaban J connectivity index is 1.51. The molecule has 0 bridgehead atoms. The van der Waals surface area contributed by atoms with Gasteiger partial charge in [0.2, 0.25) is 5.91 Å². The van der Waals surface area contributed by atoms with E-state index in [4.69, 9.17) is 5.73 Å². The summed E-state index contributed by atoms with van der Waals surface area (Å²) in [5.74, 6) is 5.73. The normalized spacial score (nSPS) is 17.8. The van der Waals surface area contributed by atoms with Gasteiger partial charge < -0.3 is 15.2 Å². The summed E-state index contributed by atoms with van der Waals surface area (Å²) in [7, 11) is 1.90. The van der Waals surface area contributed by atoms with Gasteiger partial charge in [0.25, 0.3) is 0 Å². The van der Waals surface area contributed by atoms with Gasteiger partial charge in [-0.2, -0.15) is 5.10 Å². The fourth-order valence-electron chi connectivity index (χ4n) is 4.49. The number of nitrogen functional groups attached to an aromatic ring is 1. The quantitative estimate of drug-likeness (QED) is 0.331. The molecule has 1 fully saturated rings. The molecular formula is C24H21F3N8O2. The molecule has 0 unspecified atom stereocenters. The van der Waals surface area contributed by atoms with E-state index in [-0.39, 0.29) is 18.8 Å². The second-order valence-corrected chi connectivity index (χ2v) is 8.55. The molecule has 1 aliphatic heterocycles. The lowest BCUT2D eigenvalue weighted by atomic mass is 10.2. The van der Waals surface area contributed by atoms with E-state index in [2.05, 4.69) is 43.2 Å². The number of aromatic nitrogens is 6. The number of imidazole rings is 1. The van der Waals surface area contributed by atoms with Gasteiger partial charge in [0.1, 0.15) is 17.8 Å². The summed E-state index contributed by atoms with van der Waals surface area (Å²) in [6, 6.07) is 4.28. The molecule has 1 aromatic carbocycles. The zero-order valence-corrected chi connectivity index (χ0v) is 19.6. The molecule has 1 amide bonds. The molecule has 5 rings (SSSR count). The van der Waals surface area contributed by atoms with Crippen LogP contribution >= 0.6 is 0 Å². The number of carbonyl (C=O) groups excluding carboxylic acids is 1. The number of carbonyl (C=O) groups is 1. The molecule has 190 valence electrons. The Labute approximate surface area is 208 Å². The number of ether oxygens (including phenoxy) is 1. The number of fused-ring (bicyclic) bond motifs is 2. The molecule has 0 spiro atoms. The Morgan fingerprint density at radius 2 is 2.11 bits per heavy atom. The maximum absolute atomic E-state index is 12.7. The lowest BCUT2D eigenvalue weighted by Crippen LogP contribution is -2.38. The van der Waals surface area contributed by atoms with Gasteiger partial charge in [-0.25, -0.2) is 19.6 Å². The lowest BCUT2D eigenvalue weighted by Gasteiger charge is -2.23. The number of nitrogens with zero attached hydrogens (tertiary/aromatic N) is 7. The van der Waals surface area contributed by atoms with Crippen molar-refractivity contribution in [1.82, 2.24) is 34.2 Å². The summed E-state index contributed by atoms with van der Waals surface area (Å²) < 4.78 is 45.5. The molecule has 0 radical (unpaired) electrons. The first-order chi connectivity index (χ1) is 17.6. The van der Waals surface area contributed by atoms with Crippen molar-refractivity contribution < 1.29 is 22.7 Å². The standard InChI is InChI=1S/C24H21F3N8O2/c1-3-20(36)34-10-15(9-16(34)11-37-24(25,26)27)35-23-21(22(28)29-12-30-23)17(32-35)6-4-14-5-7-19-18(8-14)31-13-33(19)2/h3,5,7-8,12-13,15-16H,1,9-11H2,2H3,(H2,28,29,30)/t15-,16+/m0/s1. The van der Waals surface area contributed by atoms with Gasteiger partial charge in [-0.05, 0) is 36.6 Å². The zero-order valence-electron chi connectivity index (χ0n) is 19.6. The number of likely N-dealkylation sites (tertiary alicyclic amines) is 1. The molecule has 4 aromatic rings. The first-order valence-electron chi connectivity index (χ1n) is 11.2. The molecule has 1 aliphatic rings. The average molecular weight is 510 g/mol. The summed E-state index contributed by atoms with van der Waals surface area (Å²) in [5, 5.41) is 5.01. The van der Waals surface area contributed by atoms with Crippen molar-refractivity contribution in [2.75, 3.05) is 18.9 Å². The van der Waals surface area contributed by atoms with Crippen molar-refractivity contribution >= 4 is 33.8 Å². The van der Waals surface area contributed by atoms with Crippen LogP contribution in [-0.2, 0) is 16.6 Å². The summed E-state index contributed by atoms with van der Waals surface area (Å²) in [5.41, 5.74) is 9.26. The van der Waals surface area contributed by atoms with Gasteiger partial charge in [-0.1, -0.05) is 12.5 Å². The van der Waals surface area contributed by atoms with E-state index in [0.717, 1.165) is 17.1 Å². The van der Waals surface area contributed by atoms with Gasteiger partial charge in [0, 0.05) is 19.2 Å². The van der Waals surface area contributed by atoms with E-state index < -0.39 is 31.0 Å². The topological polar surface area (TPSA) is 117 Å². The van der Waals surface area contributed by atoms with Gasteiger partial charge in [-0.15, -0.1) is 13.2 Å². The number of rotatable bonds is 4. The van der Waals surface area contributed by atoms with E-state index in [9.17, 15) is 18.0 Å². The van der Waals surface area contributed by atoms with Crippen LogP contribution in [0.15, 0.2) is 43.5 Å². The number of aryl methyl sites for hydroxylation is 1. The van der Waals surface area contributed by atoms with Gasteiger partial charge in [0.05, 0.1) is 41.4 Å². The van der Waals surface area contributed by atoms with Crippen LogP contribution in [0.5, 0.6) is 0 Å². The average Bonchev–Trinajstić information content (AvgIpc) is 3.56. The van der Waals surface area contributed by atoms with Gasteiger partial charge in [0.15, 0.2) is 5.65 Å². The molecule has 13 heteroatoms. The van der Waals surface area contributed by atoms with Crippen molar-refractivity contribution in [2.24, 2.45) is 7.05 Å². The van der Waals surface area contributed by atoms with E-state index >= 15 is 0 Å². The van der Waals surface area contributed by atoms with Crippen molar-refractivity contribution in [1.29, 1.82) is 0 Å². The van der Waals surface area contributed by atoms with Crippen molar-refractivity contribution in [3.63, 3.8) is 0 Å². The summed E-state index contributed by atoms with van der Waals surface area (Å²) in [6.45, 7) is 2.82. The van der Waals surface area contributed by atoms with Crippen molar-refractivity contribution in [3.05, 3.63) is 54.8 Å². The summed E-state index contributed by atoms with van der Waals surface area (Å²) >= 11 is 0. The molecule has 37 heavy (non-hydrogen) atoms. The Hall–Kier alpha value is -4.44. The van der Waals surface area contributed by atoms with Crippen LogP contribution in [-0.4, -0.2) is 65.7 Å². The van der Waals surface area contributed by atoms with Crippen LogP contribution < -0.4 is 5.73 Å². The van der Waals surface area contributed by atoms with Crippen LogP contribution in [0.1, 0.15) is 23.7 Å². The Kier molecular flexibility index (Phi) is 6.04. The van der Waals surface area contributed by atoms with Crippen LogP contribution in [0.25, 0.3) is 22.1 Å². The summed E-state index contributed by atoms with van der Waals surface area (Å²) in [4.78, 5) is 26.3. The molecular weight excluding hydrogens is 489 g/mol. The first-order valence-corrected chi connectivity index (χ1v) is 11.2. The maximum Gasteiger partial charge on any atom is 0.522 e. The van der Waals surface area contributed by atoms with Gasteiger partial charge >= 0.3 is 6.36 Å². The minimum atomic E-state index is -4.82. The second-order valence-electron chi connectivity index (χ2n) is 8.55. The highest BCUT2D eigenvalue weighted by molar-refractivity contribution is 5.91. The fraction of sp³-hybridized carbons (Fsp3) is 0.292. The maximum atomic E-state index is 12.7. The van der Waals surface area contributed by atoms with Crippen molar-refractivity contribution in [2.45, 2.75) is 24.9 Å². The summed E-state index contributed by atoms with van der Waals surface area (Å²) in [6.07, 6.45) is -0.626. The highest BCUT2D eigenvalue weighted by atomic mass is 19.4. The highest BCUT2D eigenvalue weighted by Crippen LogP contribution is 2.33. The predicted molar refractivity (Wildman–Crippen MR) is 128 cm³/mol. The number of alkyl halides is 3. The minimum absolute atomic E-state index is 0.0840. The van der Waals surface area contributed by atoms with E-state index in [1.807, 2.05) is 29.8 Å². The van der Waals surface area contributed by atoms with Crippen LogP contribution in [0.2, 0.25) is 0 Å². The number of anilines is 1. The van der Waals surface area contributed by atoms with Crippen LogP contribution in [0.3, 0.4) is 0 Å². The number of nitrogens with two attached hydrogens (primary N) is 1. The van der Waals surface area contributed by atoms with E-state index in [1.165, 1.54) is 15.9 Å². The van der Waals surface area contributed by atoms with Crippen molar-refractivity contribution in [3.8, 4) is 11.8 Å². The molecule has 0 aliphatic carbocycles. The smallest absolute Gasteiger partial charge is 0.383 e. The molecule has 2 atom stereocenters. The van der Waals surface area contributed by atoms with Gasteiger partial charge in [-0.3, -0.25) is 9.53 Å². The van der Waals surface area contributed by atoms with E-state index in [1.54, 1.807) is 6.33 Å². The number of amides is 1. The first kappa shape index (κ1) is 24.3. The van der Waals surface area contributed by atoms with Crippen LogP contribution in [0.4, 0.5) is 19.0 Å². The number of benzene rings is 1. The molecule has 2 N–H and O–H groups in total. The molecule has 1 saturated heterocycles. The third kappa shape index (κ3) is 4.70. The number of hydrogen-bond donors (Lipinski definition) is 1. The lowest BCUT2D eigenvalue weighted by molar-refractivity contribution is -0.327. The van der Waals surface area contributed by atoms with E-state index in [0.29, 0.717) is 22.3 Å². The Bertz CT molecular complexity index is 1580. The highest BCUT2D eigenvalue weighted by Gasteiger charge is 2.40. The fourth-order valence-corrected chi connectivity index (χ4v) is 4.49. The monoisotopic (exact) mass is 510 g/mol. The molecule has 4 heterocycles. The predicted octanol–water partition coefficient (Wildman–Crippen LogP) is 2.56. The molecule has 3 aromatic heterocycles. The zero-order chi connectivity index (χ0) is 26.3. The SMILES string of the molecule is C=CC(=O)N1C[C@@H](n2nc(C#Cc3ccc4c(c3)ncn4C)c3c(N)ncnc32)C[C@@H]1COC(F)(F)F. The third-order valence-corrected chi connectivity index (χ3v) is 6.20.